The molecule has 0 fully saturated rings. The first-order valence-corrected chi connectivity index (χ1v) is 16.2. The van der Waals surface area contributed by atoms with Crippen LogP contribution in [0.3, 0.4) is 0 Å². The highest BCUT2D eigenvalue weighted by Crippen LogP contribution is 2.37. The molecule has 0 unspecified atom stereocenters. The summed E-state index contributed by atoms with van der Waals surface area (Å²) in [5.74, 6) is 2.18. The van der Waals surface area contributed by atoms with E-state index in [1.807, 2.05) is 30.6 Å². The average molecular weight is 624 g/mol. The highest BCUT2D eigenvalue weighted by molar-refractivity contribution is 6.10. The molecule has 0 spiro atoms. The Morgan fingerprint density at radius 1 is 0.542 bits per heavy atom. The van der Waals surface area contributed by atoms with Crippen LogP contribution in [0.5, 0.6) is 11.6 Å². The van der Waals surface area contributed by atoms with Gasteiger partial charge in [0.25, 0.3) is 0 Å². The highest BCUT2D eigenvalue weighted by Gasteiger charge is 2.20. The van der Waals surface area contributed by atoms with Crippen LogP contribution in [-0.2, 0) is 5.41 Å². The van der Waals surface area contributed by atoms with Crippen molar-refractivity contribution in [2.75, 3.05) is 0 Å². The lowest BCUT2D eigenvalue weighted by Gasteiger charge is -2.22. The third-order valence-corrected chi connectivity index (χ3v) is 9.21. The number of fused-ring (bicyclic) bond motifs is 6. The predicted molar refractivity (Wildman–Crippen MR) is 195 cm³/mol. The van der Waals surface area contributed by atoms with Crippen LogP contribution in [0.1, 0.15) is 26.3 Å². The smallest absolute Gasteiger partial charge is 0.219 e. The van der Waals surface area contributed by atoms with Crippen molar-refractivity contribution in [2.45, 2.75) is 26.2 Å². The zero-order valence-corrected chi connectivity index (χ0v) is 27.0. The van der Waals surface area contributed by atoms with Crippen molar-refractivity contribution < 1.29 is 4.74 Å². The lowest BCUT2D eigenvalue weighted by Crippen LogP contribution is -2.13. The second-order valence-electron chi connectivity index (χ2n) is 13.3. The van der Waals surface area contributed by atoms with Gasteiger partial charge < -0.3 is 13.9 Å². The number of rotatable bonds is 5. The van der Waals surface area contributed by atoms with Crippen LogP contribution >= 0.6 is 0 Å². The van der Waals surface area contributed by atoms with Gasteiger partial charge in [0.15, 0.2) is 5.82 Å². The molecule has 0 aliphatic carbocycles. The van der Waals surface area contributed by atoms with Crippen molar-refractivity contribution in [3.63, 3.8) is 0 Å². The van der Waals surface area contributed by atoms with Crippen molar-refractivity contribution in [1.29, 1.82) is 0 Å². The molecule has 6 nitrogen and oxygen atoms in total. The SMILES string of the molecule is CC(C)(C)c1cc(-n2cnc(-n3c4ccccc4c4ccccc43)c2)cc(-n2c3ccccc3c3ccc(Oc4ccccn4)cc32)c1. The summed E-state index contributed by atoms with van der Waals surface area (Å²) in [6, 6.07) is 44.5. The fraction of sp³-hybridized carbons (Fsp3) is 0.0952. The Hall–Kier alpha value is -6.14. The van der Waals surface area contributed by atoms with E-state index in [-0.39, 0.29) is 5.41 Å². The standard InChI is InChI=1S/C42H33N5O/c1-42(2,3)28-22-29(45-26-40(44-27-45)47-37-16-8-5-12-32(37)33-13-6-9-17-38(33)47)24-30(23-28)46-36-15-7-4-14-34(36)35-20-19-31(25-39(35)46)48-41-18-10-11-21-43-41/h4-27H,1-3H3. The Morgan fingerprint density at radius 3 is 1.79 bits per heavy atom. The molecular formula is C42H33N5O. The normalized spacial score (nSPS) is 12.1. The van der Waals surface area contributed by atoms with Gasteiger partial charge >= 0.3 is 0 Å². The Labute approximate surface area is 278 Å². The molecule has 4 heterocycles. The molecule has 232 valence electrons. The van der Waals surface area contributed by atoms with Crippen molar-refractivity contribution in [3.05, 3.63) is 152 Å². The quantitative estimate of drug-likeness (QED) is 0.192. The van der Waals surface area contributed by atoms with Gasteiger partial charge in [0.2, 0.25) is 5.88 Å². The minimum atomic E-state index is -0.0903. The Balaban J connectivity index is 1.23. The summed E-state index contributed by atoms with van der Waals surface area (Å²) >= 11 is 0. The maximum Gasteiger partial charge on any atom is 0.219 e. The zero-order chi connectivity index (χ0) is 32.4. The van der Waals surface area contributed by atoms with Crippen molar-refractivity contribution in [1.82, 2.24) is 23.7 Å². The third kappa shape index (κ3) is 4.56. The van der Waals surface area contributed by atoms with E-state index in [4.69, 9.17) is 9.72 Å². The highest BCUT2D eigenvalue weighted by atomic mass is 16.5. The van der Waals surface area contributed by atoms with E-state index in [1.165, 1.54) is 21.7 Å². The molecule has 0 aliphatic heterocycles. The fourth-order valence-corrected chi connectivity index (χ4v) is 6.87. The second-order valence-corrected chi connectivity index (χ2v) is 13.3. The molecule has 0 amide bonds. The van der Waals surface area contributed by atoms with Crippen molar-refractivity contribution in [2.24, 2.45) is 0 Å². The number of hydrogen-bond acceptors (Lipinski definition) is 3. The Morgan fingerprint density at radius 2 is 1.15 bits per heavy atom. The molecule has 0 atom stereocenters. The van der Waals surface area contributed by atoms with E-state index in [1.54, 1.807) is 6.20 Å². The van der Waals surface area contributed by atoms with Gasteiger partial charge in [-0.15, -0.1) is 0 Å². The van der Waals surface area contributed by atoms with Crippen LogP contribution in [0.2, 0.25) is 0 Å². The minimum absolute atomic E-state index is 0.0903. The zero-order valence-electron chi connectivity index (χ0n) is 27.0. The van der Waals surface area contributed by atoms with Gasteiger partial charge in [0, 0.05) is 51.2 Å². The summed E-state index contributed by atoms with van der Waals surface area (Å²) < 4.78 is 12.9. The average Bonchev–Trinajstić information content (AvgIpc) is 3.81. The molecule has 4 aromatic heterocycles. The van der Waals surface area contributed by atoms with Crippen LogP contribution in [0, 0.1) is 0 Å². The summed E-state index contributed by atoms with van der Waals surface area (Å²) in [5.41, 5.74) is 7.74. The molecule has 48 heavy (non-hydrogen) atoms. The maximum absolute atomic E-state index is 6.20. The van der Waals surface area contributed by atoms with E-state index >= 15 is 0 Å². The largest absolute Gasteiger partial charge is 0.439 e. The maximum atomic E-state index is 6.20. The number of imidazole rings is 1. The Bertz CT molecular complexity index is 2580. The molecule has 0 saturated heterocycles. The fourth-order valence-electron chi connectivity index (χ4n) is 6.87. The minimum Gasteiger partial charge on any atom is -0.439 e. The lowest BCUT2D eigenvalue weighted by atomic mass is 9.86. The van der Waals surface area contributed by atoms with Gasteiger partial charge in [0.1, 0.15) is 12.1 Å². The molecule has 9 aromatic rings. The van der Waals surface area contributed by atoms with Crippen molar-refractivity contribution >= 4 is 43.6 Å². The van der Waals surface area contributed by atoms with Crippen LogP contribution in [0.4, 0.5) is 0 Å². The number of hydrogen-bond donors (Lipinski definition) is 0. The number of nitrogens with zero attached hydrogens (tertiary/aromatic N) is 5. The monoisotopic (exact) mass is 623 g/mol. The van der Waals surface area contributed by atoms with Gasteiger partial charge in [-0.05, 0) is 65.6 Å². The van der Waals surface area contributed by atoms with Crippen LogP contribution in [-0.4, -0.2) is 23.7 Å². The topological polar surface area (TPSA) is 49.8 Å². The van der Waals surface area contributed by atoms with E-state index in [0.29, 0.717) is 5.88 Å². The van der Waals surface area contributed by atoms with Gasteiger partial charge in [-0.25, -0.2) is 9.97 Å². The number of ether oxygens (including phenoxy) is 1. The molecule has 0 bridgehead atoms. The summed E-state index contributed by atoms with van der Waals surface area (Å²) in [6.07, 6.45) is 5.80. The predicted octanol–water partition coefficient (Wildman–Crippen LogP) is 10.6. The summed E-state index contributed by atoms with van der Waals surface area (Å²) in [5, 5.41) is 4.80. The number of benzene rings is 5. The van der Waals surface area contributed by atoms with Crippen LogP contribution in [0.15, 0.2) is 146 Å². The number of pyridine rings is 1. The van der Waals surface area contributed by atoms with Gasteiger partial charge in [0.05, 0.1) is 28.3 Å². The van der Waals surface area contributed by atoms with Crippen molar-refractivity contribution in [3.8, 4) is 28.8 Å². The first-order chi connectivity index (χ1) is 23.4. The first kappa shape index (κ1) is 28.1. The molecule has 0 saturated carbocycles. The van der Waals surface area contributed by atoms with E-state index < -0.39 is 0 Å². The molecule has 0 radical (unpaired) electrons. The van der Waals surface area contributed by atoms with E-state index in [9.17, 15) is 0 Å². The number of aromatic nitrogens is 5. The summed E-state index contributed by atoms with van der Waals surface area (Å²) in [6.45, 7) is 6.79. The second kappa shape index (κ2) is 10.7. The van der Waals surface area contributed by atoms with E-state index in [0.717, 1.165) is 50.4 Å². The van der Waals surface area contributed by atoms with Gasteiger partial charge in [-0.2, -0.15) is 0 Å². The molecule has 6 heteroatoms. The molecule has 0 aliphatic rings. The first-order valence-electron chi connectivity index (χ1n) is 16.2. The number of para-hydroxylation sites is 3. The molecule has 9 rings (SSSR count). The summed E-state index contributed by atoms with van der Waals surface area (Å²) in [4.78, 5) is 9.34. The molecule has 5 aromatic carbocycles. The van der Waals surface area contributed by atoms with Gasteiger partial charge in [-0.1, -0.05) is 81.4 Å². The molecule has 0 N–H and O–H groups in total. The molecular weight excluding hydrogens is 590 g/mol. The van der Waals surface area contributed by atoms with Crippen LogP contribution in [0.25, 0.3) is 60.8 Å². The van der Waals surface area contributed by atoms with Gasteiger partial charge in [-0.3, -0.25) is 4.57 Å². The summed E-state index contributed by atoms with van der Waals surface area (Å²) in [7, 11) is 0. The van der Waals surface area contributed by atoms with Crippen LogP contribution < -0.4 is 4.74 Å². The third-order valence-electron chi connectivity index (χ3n) is 9.21. The Kier molecular flexibility index (Phi) is 6.27. The lowest BCUT2D eigenvalue weighted by molar-refractivity contribution is 0.463. The van der Waals surface area contributed by atoms with E-state index in [2.05, 4.69) is 149 Å².